The monoisotopic (exact) mass is 243 g/mol. The molecule has 1 heterocycles. The molecule has 0 saturated carbocycles. The van der Waals surface area contributed by atoms with Gasteiger partial charge < -0.3 is 10.6 Å². The molecule has 1 atom stereocenters. The third kappa shape index (κ3) is 3.57. The van der Waals surface area contributed by atoms with Gasteiger partial charge in [0.1, 0.15) is 0 Å². The molecular weight excluding hydrogens is 226 g/mol. The number of nitriles is 1. The van der Waals surface area contributed by atoms with Crippen LogP contribution in [0.4, 0.5) is 0 Å². The summed E-state index contributed by atoms with van der Waals surface area (Å²) in [5.74, 6) is 0.557. The first kappa shape index (κ1) is 12.6. The topological polar surface area (TPSA) is 64.9 Å². The minimum atomic E-state index is 0.0889. The van der Waals surface area contributed by atoms with E-state index < -0.39 is 0 Å². The standard InChI is InChI=1S/C14H17N3O/c15-8-11-2-1-3-12(6-11)10-17-14(18)7-13-4-5-16-9-13/h1-3,6,13,16H,4-5,7,9-10H2,(H,17,18). The molecule has 1 aromatic rings. The van der Waals surface area contributed by atoms with Gasteiger partial charge in [-0.05, 0) is 43.1 Å². The number of hydrogen-bond acceptors (Lipinski definition) is 3. The predicted octanol–water partition coefficient (Wildman–Crippen LogP) is 1.17. The Kier molecular flexibility index (Phi) is 4.32. The summed E-state index contributed by atoms with van der Waals surface area (Å²) in [4.78, 5) is 11.7. The molecule has 4 heteroatoms. The first-order valence-electron chi connectivity index (χ1n) is 6.24. The van der Waals surface area contributed by atoms with Crippen molar-refractivity contribution in [2.75, 3.05) is 13.1 Å². The highest BCUT2D eigenvalue weighted by atomic mass is 16.1. The first-order chi connectivity index (χ1) is 8.78. The molecule has 0 spiro atoms. The van der Waals surface area contributed by atoms with Crippen molar-refractivity contribution >= 4 is 5.91 Å². The quantitative estimate of drug-likeness (QED) is 0.834. The summed E-state index contributed by atoms with van der Waals surface area (Å²) in [5.41, 5.74) is 1.59. The van der Waals surface area contributed by atoms with Crippen LogP contribution in [0.2, 0.25) is 0 Å². The average molecular weight is 243 g/mol. The molecule has 1 saturated heterocycles. The minimum absolute atomic E-state index is 0.0889. The molecule has 2 rings (SSSR count). The van der Waals surface area contributed by atoms with E-state index in [0.29, 0.717) is 24.4 Å². The smallest absolute Gasteiger partial charge is 0.220 e. The lowest BCUT2D eigenvalue weighted by molar-refractivity contribution is -0.122. The summed E-state index contributed by atoms with van der Waals surface area (Å²) in [7, 11) is 0. The van der Waals surface area contributed by atoms with Crippen molar-refractivity contribution in [2.45, 2.75) is 19.4 Å². The Morgan fingerprint density at radius 2 is 2.44 bits per heavy atom. The van der Waals surface area contributed by atoms with Crippen LogP contribution in [-0.4, -0.2) is 19.0 Å². The van der Waals surface area contributed by atoms with Crippen LogP contribution in [-0.2, 0) is 11.3 Å². The van der Waals surface area contributed by atoms with Crippen molar-refractivity contribution < 1.29 is 4.79 Å². The number of hydrogen-bond donors (Lipinski definition) is 2. The Morgan fingerprint density at radius 3 is 3.17 bits per heavy atom. The van der Waals surface area contributed by atoms with Gasteiger partial charge in [-0.2, -0.15) is 5.26 Å². The molecule has 1 amide bonds. The van der Waals surface area contributed by atoms with Gasteiger partial charge in [-0.1, -0.05) is 12.1 Å². The Hall–Kier alpha value is -1.86. The van der Waals surface area contributed by atoms with Crippen molar-refractivity contribution in [1.29, 1.82) is 5.26 Å². The van der Waals surface area contributed by atoms with Gasteiger partial charge in [0.05, 0.1) is 11.6 Å². The molecule has 4 nitrogen and oxygen atoms in total. The average Bonchev–Trinajstić information content (AvgIpc) is 2.89. The van der Waals surface area contributed by atoms with E-state index in [-0.39, 0.29) is 5.91 Å². The molecule has 0 aliphatic carbocycles. The van der Waals surface area contributed by atoms with Crippen LogP contribution >= 0.6 is 0 Å². The molecule has 18 heavy (non-hydrogen) atoms. The van der Waals surface area contributed by atoms with Gasteiger partial charge in [0.15, 0.2) is 0 Å². The highest BCUT2D eigenvalue weighted by Crippen LogP contribution is 2.12. The lowest BCUT2D eigenvalue weighted by Gasteiger charge is -2.09. The Morgan fingerprint density at radius 1 is 1.56 bits per heavy atom. The van der Waals surface area contributed by atoms with Gasteiger partial charge in [0.25, 0.3) is 0 Å². The first-order valence-corrected chi connectivity index (χ1v) is 6.24. The Labute approximate surface area is 107 Å². The highest BCUT2D eigenvalue weighted by Gasteiger charge is 2.17. The fourth-order valence-electron chi connectivity index (χ4n) is 2.17. The lowest BCUT2D eigenvalue weighted by Crippen LogP contribution is -2.25. The van der Waals surface area contributed by atoms with Crippen LogP contribution in [0.25, 0.3) is 0 Å². The predicted molar refractivity (Wildman–Crippen MR) is 68.6 cm³/mol. The number of benzene rings is 1. The molecular formula is C14H17N3O. The summed E-state index contributed by atoms with van der Waals surface area (Å²) < 4.78 is 0. The number of carbonyl (C=O) groups is 1. The molecule has 1 aliphatic heterocycles. The van der Waals surface area contributed by atoms with E-state index in [0.717, 1.165) is 25.1 Å². The minimum Gasteiger partial charge on any atom is -0.352 e. The van der Waals surface area contributed by atoms with Crippen molar-refractivity contribution in [3.8, 4) is 6.07 Å². The molecule has 1 aliphatic rings. The second-order valence-corrected chi connectivity index (χ2v) is 4.65. The normalized spacial score (nSPS) is 18.3. The van der Waals surface area contributed by atoms with Crippen molar-refractivity contribution in [1.82, 2.24) is 10.6 Å². The van der Waals surface area contributed by atoms with Gasteiger partial charge >= 0.3 is 0 Å². The largest absolute Gasteiger partial charge is 0.352 e. The maximum Gasteiger partial charge on any atom is 0.220 e. The molecule has 0 bridgehead atoms. The zero-order valence-electron chi connectivity index (χ0n) is 10.3. The number of rotatable bonds is 4. The summed E-state index contributed by atoms with van der Waals surface area (Å²) in [5, 5.41) is 14.9. The molecule has 0 aromatic heterocycles. The maximum atomic E-state index is 11.7. The van der Waals surface area contributed by atoms with Crippen LogP contribution in [0.1, 0.15) is 24.0 Å². The zero-order chi connectivity index (χ0) is 12.8. The zero-order valence-corrected chi connectivity index (χ0v) is 10.3. The van der Waals surface area contributed by atoms with Crippen LogP contribution in [0.5, 0.6) is 0 Å². The maximum absolute atomic E-state index is 11.7. The van der Waals surface area contributed by atoms with Gasteiger partial charge in [-0.15, -0.1) is 0 Å². The van der Waals surface area contributed by atoms with Gasteiger partial charge in [-0.25, -0.2) is 0 Å². The number of nitrogens with one attached hydrogen (secondary N) is 2. The molecule has 0 radical (unpaired) electrons. The van der Waals surface area contributed by atoms with E-state index >= 15 is 0 Å². The van der Waals surface area contributed by atoms with Gasteiger partial charge in [-0.3, -0.25) is 4.79 Å². The number of nitrogens with zero attached hydrogens (tertiary/aromatic N) is 1. The Balaban J connectivity index is 1.79. The summed E-state index contributed by atoms with van der Waals surface area (Å²) >= 11 is 0. The highest BCUT2D eigenvalue weighted by molar-refractivity contribution is 5.76. The second kappa shape index (κ2) is 6.18. The fraction of sp³-hybridized carbons (Fsp3) is 0.429. The number of carbonyl (C=O) groups excluding carboxylic acids is 1. The molecule has 2 N–H and O–H groups in total. The summed E-state index contributed by atoms with van der Waals surface area (Å²) in [6.07, 6.45) is 1.67. The SMILES string of the molecule is N#Cc1cccc(CNC(=O)CC2CCNC2)c1. The van der Waals surface area contributed by atoms with E-state index in [2.05, 4.69) is 16.7 Å². The third-order valence-corrected chi connectivity index (χ3v) is 3.18. The Bertz CT molecular complexity index is 458. The van der Waals surface area contributed by atoms with Crippen molar-refractivity contribution in [2.24, 2.45) is 5.92 Å². The summed E-state index contributed by atoms with van der Waals surface area (Å²) in [6.45, 7) is 2.45. The fourth-order valence-corrected chi connectivity index (χ4v) is 2.17. The van der Waals surface area contributed by atoms with Crippen molar-refractivity contribution in [3.05, 3.63) is 35.4 Å². The summed E-state index contributed by atoms with van der Waals surface area (Å²) in [6, 6.07) is 9.40. The van der Waals surface area contributed by atoms with Gasteiger partial charge in [0, 0.05) is 13.0 Å². The molecule has 1 fully saturated rings. The molecule has 1 unspecified atom stereocenters. The van der Waals surface area contributed by atoms with Crippen LogP contribution in [0.3, 0.4) is 0 Å². The van der Waals surface area contributed by atoms with Crippen LogP contribution < -0.4 is 10.6 Å². The van der Waals surface area contributed by atoms with Gasteiger partial charge in [0.2, 0.25) is 5.91 Å². The van der Waals surface area contributed by atoms with Crippen LogP contribution in [0, 0.1) is 17.2 Å². The number of amides is 1. The molecule has 94 valence electrons. The van der Waals surface area contributed by atoms with E-state index in [9.17, 15) is 4.79 Å². The lowest BCUT2D eigenvalue weighted by atomic mass is 10.0. The van der Waals surface area contributed by atoms with E-state index in [1.165, 1.54) is 0 Å². The third-order valence-electron chi connectivity index (χ3n) is 3.18. The molecule has 1 aromatic carbocycles. The van der Waals surface area contributed by atoms with E-state index in [1.54, 1.807) is 12.1 Å². The van der Waals surface area contributed by atoms with E-state index in [1.807, 2.05) is 12.1 Å². The van der Waals surface area contributed by atoms with E-state index in [4.69, 9.17) is 5.26 Å². The van der Waals surface area contributed by atoms with Crippen molar-refractivity contribution in [3.63, 3.8) is 0 Å². The second-order valence-electron chi connectivity index (χ2n) is 4.65. The van der Waals surface area contributed by atoms with Crippen LogP contribution in [0.15, 0.2) is 24.3 Å².